The van der Waals surface area contributed by atoms with Crippen LogP contribution >= 0.6 is 0 Å². The van der Waals surface area contributed by atoms with E-state index in [1.807, 2.05) is 12.1 Å². The number of likely N-dealkylation sites (N-methyl/N-ethyl adjacent to an activating group) is 1. The van der Waals surface area contributed by atoms with Crippen LogP contribution in [0, 0.1) is 0 Å². The maximum absolute atomic E-state index is 10.5. The molecule has 2 atom stereocenters. The second-order valence-electron chi connectivity index (χ2n) is 5.24. The second-order valence-corrected chi connectivity index (χ2v) is 5.24. The Morgan fingerprint density at radius 2 is 2.26 bits per heavy atom. The maximum atomic E-state index is 10.5. The molecule has 2 rings (SSSR count). The van der Waals surface area contributed by atoms with Gasteiger partial charge in [0.15, 0.2) is 0 Å². The highest BCUT2D eigenvalue weighted by Gasteiger charge is 2.27. The molecule has 1 saturated heterocycles. The number of aryl methyl sites for hydroxylation is 1. The lowest BCUT2D eigenvalue weighted by atomic mass is 9.99. The predicted molar refractivity (Wildman–Crippen MR) is 77.3 cm³/mol. The molecule has 0 aromatic heterocycles. The number of morpholine rings is 1. The Morgan fingerprint density at radius 3 is 3.00 bits per heavy atom. The molecular weight excluding hydrogens is 238 g/mol. The monoisotopic (exact) mass is 263 g/mol. The number of rotatable bonds is 5. The first-order valence-electron chi connectivity index (χ1n) is 7.35. The van der Waals surface area contributed by atoms with Crippen LogP contribution < -0.4 is 0 Å². The molecule has 3 nitrogen and oxygen atoms in total. The third-order valence-corrected chi connectivity index (χ3v) is 3.81. The highest BCUT2D eigenvalue weighted by Crippen LogP contribution is 2.23. The van der Waals surface area contributed by atoms with E-state index in [1.165, 1.54) is 5.56 Å². The Balaban J connectivity index is 2.05. The van der Waals surface area contributed by atoms with Gasteiger partial charge >= 0.3 is 0 Å². The standard InChI is InChI=1S/C16H25NO2/c1-3-6-13-7-5-8-14(11-13)16(18)15-12-17(4-2)9-10-19-15/h5,7-8,11,15-16,18H,3-4,6,9-10,12H2,1-2H3. The molecule has 1 heterocycles. The summed E-state index contributed by atoms with van der Waals surface area (Å²) < 4.78 is 5.73. The Morgan fingerprint density at radius 1 is 1.42 bits per heavy atom. The molecule has 19 heavy (non-hydrogen) atoms. The van der Waals surface area contributed by atoms with Gasteiger partial charge in [0.05, 0.1) is 6.61 Å². The summed E-state index contributed by atoms with van der Waals surface area (Å²) in [6, 6.07) is 8.27. The van der Waals surface area contributed by atoms with Gasteiger partial charge in [-0.1, -0.05) is 44.5 Å². The Bertz CT molecular complexity index is 394. The lowest BCUT2D eigenvalue weighted by molar-refractivity contribution is -0.0889. The van der Waals surface area contributed by atoms with Gasteiger partial charge < -0.3 is 9.84 Å². The van der Waals surface area contributed by atoms with Gasteiger partial charge in [0.1, 0.15) is 12.2 Å². The summed E-state index contributed by atoms with van der Waals surface area (Å²) in [5.41, 5.74) is 2.27. The molecule has 0 aliphatic carbocycles. The molecule has 0 bridgehead atoms. The summed E-state index contributed by atoms with van der Waals surface area (Å²) in [5.74, 6) is 0. The lowest BCUT2D eigenvalue weighted by Crippen LogP contribution is -2.44. The van der Waals surface area contributed by atoms with Crippen LogP contribution in [0.4, 0.5) is 0 Å². The zero-order chi connectivity index (χ0) is 13.7. The van der Waals surface area contributed by atoms with E-state index in [4.69, 9.17) is 4.74 Å². The molecule has 3 heteroatoms. The van der Waals surface area contributed by atoms with Gasteiger partial charge in [0, 0.05) is 13.1 Å². The van der Waals surface area contributed by atoms with Crippen molar-refractivity contribution in [2.24, 2.45) is 0 Å². The smallest absolute Gasteiger partial charge is 0.106 e. The van der Waals surface area contributed by atoms with E-state index in [-0.39, 0.29) is 6.10 Å². The van der Waals surface area contributed by atoms with Crippen LogP contribution in [0.25, 0.3) is 0 Å². The Kier molecular flexibility index (Phi) is 5.37. The Hall–Kier alpha value is -0.900. The van der Waals surface area contributed by atoms with E-state index in [0.29, 0.717) is 6.61 Å². The molecular formula is C16H25NO2. The number of hydrogen-bond acceptors (Lipinski definition) is 3. The van der Waals surface area contributed by atoms with Crippen LogP contribution in [0.2, 0.25) is 0 Å². The average Bonchev–Trinajstić information content (AvgIpc) is 2.47. The van der Waals surface area contributed by atoms with Crippen LogP contribution in [-0.2, 0) is 11.2 Å². The van der Waals surface area contributed by atoms with Crippen LogP contribution in [0.1, 0.15) is 37.5 Å². The van der Waals surface area contributed by atoms with Crippen molar-refractivity contribution >= 4 is 0 Å². The first-order chi connectivity index (χ1) is 9.24. The number of nitrogens with zero attached hydrogens (tertiary/aromatic N) is 1. The minimum Gasteiger partial charge on any atom is -0.386 e. The van der Waals surface area contributed by atoms with Crippen molar-refractivity contribution in [1.82, 2.24) is 4.90 Å². The molecule has 1 aliphatic heterocycles. The van der Waals surface area contributed by atoms with Gasteiger partial charge in [-0.2, -0.15) is 0 Å². The molecule has 0 radical (unpaired) electrons. The van der Waals surface area contributed by atoms with Crippen LogP contribution in [0.3, 0.4) is 0 Å². The minimum atomic E-state index is -0.522. The van der Waals surface area contributed by atoms with Gasteiger partial charge in [-0.25, -0.2) is 0 Å². The number of aliphatic hydroxyl groups excluding tert-OH is 1. The molecule has 1 aromatic rings. The molecule has 0 amide bonds. The van der Waals surface area contributed by atoms with Crippen molar-refractivity contribution in [3.63, 3.8) is 0 Å². The molecule has 1 aliphatic rings. The van der Waals surface area contributed by atoms with Crippen molar-refractivity contribution in [2.45, 2.75) is 38.9 Å². The van der Waals surface area contributed by atoms with Crippen molar-refractivity contribution in [3.05, 3.63) is 35.4 Å². The van der Waals surface area contributed by atoms with E-state index in [1.54, 1.807) is 0 Å². The lowest BCUT2D eigenvalue weighted by Gasteiger charge is -2.34. The zero-order valence-corrected chi connectivity index (χ0v) is 12.0. The number of benzene rings is 1. The highest BCUT2D eigenvalue weighted by molar-refractivity contribution is 5.26. The third-order valence-electron chi connectivity index (χ3n) is 3.81. The fourth-order valence-electron chi connectivity index (χ4n) is 2.65. The van der Waals surface area contributed by atoms with Crippen LogP contribution in [0.15, 0.2) is 24.3 Å². The molecule has 1 N–H and O–H groups in total. The van der Waals surface area contributed by atoms with Crippen molar-refractivity contribution in [1.29, 1.82) is 0 Å². The number of aliphatic hydroxyl groups is 1. The fraction of sp³-hybridized carbons (Fsp3) is 0.625. The second kappa shape index (κ2) is 7.04. The van der Waals surface area contributed by atoms with E-state index < -0.39 is 6.10 Å². The number of hydrogen-bond donors (Lipinski definition) is 1. The first kappa shape index (κ1) is 14.5. The fourth-order valence-corrected chi connectivity index (χ4v) is 2.65. The van der Waals surface area contributed by atoms with Gasteiger partial charge in [0.25, 0.3) is 0 Å². The first-order valence-corrected chi connectivity index (χ1v) is 7.35. The van der Waals surface area contributed by atoms with E-state index in [0.717, 1.165) is 38.0 Å². The molecule has 0 spiro atoms. The van der Waals surface area contributed by atoms with Gasteiger partial charge in [-0.05, 0) is 24.1 Å². The van der Waals surface area contributed by atoms with Crippen molar-refractivity contribution < 1.29 is 9.84 Å². The summed E-state index contributed by atoms with van der Waals surface area (Å²) in [5, 5.41) is 10.5. The molecule has 2 unspecified atom stereocenters. The van der Waals surface area contributed by atoms with Crippen molar-refractivity contribution in [2.75, 3.05) is 26.2 Å². The largest absolute Gasteiger partial charge is 0.386 e. The highest BCUT2D eigenvalue weighted by atomic mass is 16.5. The normalized spacial score (nSPS) is 22.4. The van der Waals surface area contributed by atoms with E-state index in [2.05, 4.69) is 30.9 Å². The van der Waals surface area contributed by atoms with Gasteiger partial charge in [0.2, 0.25) is 0 Å². The average molecular weight is 263 g/mol. The summed E-state index contributed by atoms with van der Waals surface area (Å²) in [7, 11) is 0. The summed E-state index contributed by atoms with van der Waals surface area (Å²) in [6.45, 7) is 7.83. The van der Waals surface area contributed by atoms with E-state index in [9.17, 15) is 5.11 Å². The third kappa shape index (κ3) is 3.78. The molecule has 0 saturated carbocycles. The topological polar surface area (TPSA) is 32.7 Å². The summed E-state index contributed by atoms with van der Waals surface area (Å²) in [4.78, 5) is 2.33. The van der Waals surface area contributed by atoms with Crippen LogP contribution in [0.5, 0.6) is 0 Å². The van der Waals surface area contributed by atoms with Crippen molar-refractivity contribution in [3.8, 4) is 0 Å². The molecule has 1 aromatic carbocycles. The summed E-state index contributed by atoms with van der Waals surface area (Å²) >= 11 is 0. The Labute approximate surface area is 116 Å². The summed E-state index contributed by atoms with van der Waals surface area (Å²) in [6.07, 6.45) is 1.56. The zero-order valence-electron chi connectivity index (χ0n) is 12.0. The van der Waals surface area contributed by atoms with Gasteiger partial charge in [-0.3, -0.25) is 4.90 Å². The molecule has 106 valence electrons. The maximum Gasteiger partial charge on any atom is 0.106 e. The minimum absolute atomic E-state index is 0.106. The van der Waals surface area contributed by atoms with Gasteiger partial charge in [-0.15, -0.1) is 0 Å². The SMILES string of the molecule is CCCc1cccc(C(O)C2CN(CC)CCO2)c1. The number of ether oxygens (including phenoxy) is 1. The molecule has 1 fully saturated rings. The van der Waals surface area contributed by atoms with Crippen LogP contribution in [-0.4, -0.2) is 42.4 Å². The quantitative estimate of drug-likeness (QED) is 0.885. The van der Waals surface area contributed by atoms with E-state index >= 15 is 0 Å². The predicted octanol–water partition coefficient (Wildman–Crippen LogP) is 2.39.